The molecule has 1 aromatic rings. The Morgan fingerprint density at radius 1 is 1.38 bits per heavy atom. The number of nitrogens with zero attached hydrogens (tertiary/aromatic N) is 2. The molecule has 114 valence electrons. The minimum Gasteiger partial charge on any atom is -0.330 e. The first-order valence-corrected chi connectivity index (χ1v) is 8.64. The highest BCUT2D eigenvalue weighted by Crippen LogP contribution is 2.26. The van der Waals surface area contributed by atoms with Crippen molar-refractivity contribution in [2.45, 2.75) is 31.1 Å². The number of hydrogen-bond acceptors (Lipinski definition) is 4. The summed E-state index contributed by atoms with van der Waals surface area (Å²) >= 11 is 0. The van der Waals surface area contributed by atoms with Crippen LogP contribution in [0.2, 0.25) is 0 Å². The van der Waals surface area contributed by atoms with Gasteiger partial charge in [0, 0.05) is 13.1 Å². The molecule has 1 saturated heterocycles. The molecule has 2 rings (SSSR count). The first-order valence-electron chi connectivity index (χ1n) is 7.20. The summed E-state index contributed by atoms with van der Waals surface area (Å²) in [4.78, 5) is 0.274. The van der Waals surface area contributed by atoms with Gasteiger partial charge in [-0.2, -0.15) is 9.57 Å². The largest absolute Gasteiger partial charge is 0.330 e. The van der Waals surface area contributed by atoms with Crippen molar-refractivity contribution in [1.82, 2.24) is 4.31 Å². The molecule has 0 atom stereocenters. The van der Waals surface area contributed by atoms with Crippen molar-refractivity contribution in [3.8, 4) is 6.07 Å². The Kier molecular flexibility index (Phi) is 4.99. The van der Waals surface area contributed by atoms with Gasteiger partial charge in [-0.1, -0.05) is 0 Å². The third kappa shape index (κ3) is 3.43. The molecule has 2 N–H and O–H groups in total. The Morgan fingerprint density at radius 2 is 2.05 bits per heavy atom. The van der Waals surface area contributed by atoms with Crippen LogP contribution in [0.3, 0.4) is 0 Å². The third-order valence-electron chi connectivity index (χ3n) is 4.10. The number of nitrogens with two attached hydrogens (primary N) is 1. The molecule has 0 unspecified atom stereocenters. The Balaban J connectivity index is 2.16. The zero-order valence-corrected chi connectivity index (χ0v) is 13.1. The van der Waals surface area contributed by atoms with E-state index in [0.717, 1.165) is 19.3 Å². The molecule has 1 heterocycles. The molecule has 0 amide bonds. The van der Waals surface area contributed by atoms with Crippen LogP contribution in [0, 0.1) is 24.2 Å². The van der Waals surface area contributed by atoms with Crippen molar-refractivity contribution in [1.29, 1.82) is 5.26 Å². The standard InChI is InChI=1S/C15H21N3O2S/c1-12-10-15(3-2-14(12)11-17)21(19,20)18-8-5-13(4-7-16)6-9-18/h2-3,10,13H,4-9,16H2,1H3. The van der Waals surface area contributed by atoms with Gasteiger partial charge in [-0.3, -0.25) is 0 Å². The van der Waals surface area contributed by atoms with E-state index in [0.29, 0.717) is 36.7 Å². The molecule has 21 heavy (non-hydrogen) atoms. The monoisotopic (exact) mass is 307 g/mol. The fourth-order valence-corrected chi connectivity index (χ4v) is 4.30. The zero-order chi connectivity index (χ0) is 15.5. The average Bonchev–Trinajstić information content (AvgIpc) is 2.48. The van der Waals surface area contributed by atoms with E-state index in [9.17, 15) is 8.42 Å². The van der Waals surface area contributed by atoms with Crippen LogP contribution in [0.1, 0.15) is 30.4 Å². The molecular formula is C15H21N3O2S. The SMILES string of the molecule is Cc1cc(S(=O)(=O)N2CCC(CCN)CC2)ccc1C#N. The maximum absolute atomic E-state index is 12.6. The summed E-state index contributed by atoms with van der Waals surface area (Å²) in [6.07, 6.45) is 2.70. The van der Waals surface area contributed by atoms with Crippen LogP contribution < -0.4 is 5.73 Å². The Labute approximate surface area is 126 Å². The molecule has 6 heteroatoms. The molecule has 1 aliphatic heterocycles. The van der Waals surface area contributed by atoms with Crippen LogP contribution >= 0.6 is 0 Å². The lowest BCUT2D eigenvalue weighted by atomic mass is 9.95. The summed E-state index contributed by atoms with van der Waals surface area (Å²) in [6.45, 7) is 3.51. The zero-order valence-electron chi connectivity index (χ0n) is 12.2. The molecule has 5 nitrogen and oxygen atoms in total. The number of sulfonamides is 1. The lowest BCUT2D eigenvalue weighted by molar-refractivity contribution is 0.266. The van der Waals surface area contributed by atoms with E-state index in [2.05, 4.69) is 6.07 Å². The van der Waals surface area contributed by atoms with Gasteiger partial charge < -0.3 is 5.73 Å². The molecular weight excluding hydrogens is 286 g/mol. The molecule has 0 aromatic heterocycles. The Morgan fingerprint density at radius 3 is 2.57 bits per heavy atom. The van der Waals surface area contributed by atoms with E-state index >= 15 is 0 Å². The number of benzene rings is 1. The van der Waals surface area contributed by atoms with E-state index in [4.69, 9.17) is 11.0 Å². The topological polar surface area (TPSA) is 87.2 Å². The molecule has 1 aromatic carbocycles. The quantitative estimate of drug-likeness (QED) is 0.915. The second kappa shape index (κ2) is 6.56. The van der Waals surface area contributed by atoms with E-state index in [1.54, 1.807) is 23.4 Å². The lowest BCUT2D eigenvalue weighted by Gasteiger charge is -2.31. The van der Waals surface area contributed by atoms with Gasteiger partial charge in [0.1, 0.15) is 0 Å². The van der Waals surface area contributed by atoms with Crippen molar-refractivity contribution >= 4 is 10.0 Å². The van der Waals surface area contributed by atoms with E-state index < -0.39 is 10.0 Å². The predicted octanol–water partition coefficient (Wildman–Crippen LogP) is 1.62. The highest BCUT2D eigenvalue weighted by atomic mass is 32.2. The van der Waals surface area contributed by atoms with Crippen LogP contribution in [0.25, 0.3) is 0 Å². The van der Waals surface area contributed by atoms with Crippen molar-refractivity contribution in [2.24, 2.45) is 11.7 Å². The van der Waals surface area contributed by atoms with Gasteiger partial charge >= 0.3 is 0 Å². The number of hydrogen-bond donors (Lipinski definition) is 1. The smallest absolute Gasteiger partial charge is 0.243 e. The van der Waals surface area contributed by atoms with Gasteiger partial charge in [0.2, 0.25) is 10.0 Å². The molecule has 1 fully saturated rings. The van der Waals surface area contributed by atoms with Crippen molar-refractivity contribution in [3.05, 3.63) is 29.3 Å². The molecule has 0 bridgehead atoms. The first-order chi connectivity index (χ1) is 9.98. The summed E-state index contributed by atoms with van der Waals surface area (Å²) in [7, 11) is -3.46. The van der Waals surface area contributed by atoms with E-state index in [1.807, 2.05) is 0 Å². The molecule has 0 aliphatic carbocycles. The summed E-state index contributed by atoms with van der Waals surface area (Å²) in [6, 6.07) is 6.73. The summed E-state index contributed by atoms with van der Waals surface area (Å²) in [5.41, 5.74) is 6.76. The molecule has 0 saturated carbocycles. The number of rotatable bonds is 4. The minimum absolute atomic E-state index is 0.274. The van der Waals surface area contributed by atoms with Gasteiger partial charge in [0.05, 0.1) is 16.5 Å². The maximum atomic E-state index is 12.6. The van der Waals surface area contributed by atoms with Gasteiger partial charge in [0.25, 0.3) is 0 Å². The van der Waals surface area contributed by atoms with E-state index in [1.165, 1.54) is 6.07 Å². The number of piperidine rings is 1. The highest BCUT2D eigenvalue weighted by Gasteiger charge is 2.29. The summed E-state index contributed by atoms with van der Waals surface area (Å²) in [5, 5.41) is 8.92. The molecule has 0 spiro atoms. The number of nitriles is 1. The third-order valence-corrected chi connectivity index (χ3v) is 6.00. The predicted molar refractivity (Wildman–Crippen MR) is 81.0 cm³/mol. The Bertz CT molecular complexity index is 641. The van der Waals surface area contributed by atoms with Crippen molar-refractivity contribution in [3.63, 3.8) is 0 Å². The number of aryl methyl sites for hydroxylation is 1. The van der Waals surface area contributed by atoms with Gasteiger partial charge in [0.15, 0.2) is 0 Å². The Hall–Kier alpha value is -1.42. The second-order valence-corrected chi connectivity index (χ2v) is 7.45. The van der Waals surface area contributed by atoms with Crippen molar-refractivity contribution in [2.75, 3.05) is 19.6 Å². The fourth-order valence-electron chi connectivity index (χ4n) is 2.75. The van der Waals surface area contributed by atoms with E-state index in [-0.39, 0.29) is 4.90 Å². The lowest BCUT2D eigenvalue weighted by Crippen LogP contribution is -2.38. The average molecular weight is 307 g/mol. The highest BCUT2D eigenvalue weighted by molar-refractivity contribution is 7.89. The molecule has 1 aliphatic rings. The fraction of sp³-hybridized carbons (Fsp3) is 0.533. The first kappa shape index (κ1) is 16.0. The van der Waals surface area contributed by atoms with Crippen LogP contribution in [-0.2, 0) is 10.0 Å². The van der Waals surface area contributed by atoms with Crippen molar-refractivity contribution < 1.29 is 8.42 Å². The van der Waals surface area contributed by atoms with Crippen LogP contribution in [0.5, 0.6) is 0 Å². The van der Waals surface area contributed by atoms with Crippen LogP contribution in [0.4, 0.5) is 0 Å². The van der Waals surface area contributed by atoms with Gasteiger partial charge in [-0.05, 0) is 62.4 Å². The normalized spacial score (nSPS) is 17.6. The minimum atomic E-state index is -3.46. The van der Waals surface area contributed by atoms with Crippen LogP contribution in [-0.4, -0.2) is 32.4 Å². The second-order valence-electron chi connectivity index (χ2n) is 5.51. The van der Waals surface area contributed by atoms with Gasteiger partial charge in [-0.25, -0.2) is 8.42 Å². The summed E-state index contributed by atoms with van der Waals surface area (Å²) < 4.78 is 26.8. The summed E-state index contributed by atoms with van der Waals surface area (Å²) in [5.74, 6) is 0.532. The maximum Gasteiger partial charge on any atom is 0.243 e. The van der Waals surface area contributed by atoms with Gasteiger partial charge in [-0.15, -0.1) is 0 Å². The molecule has 0 radical (unpaired) electrons. The van der Waals surface area contributed by atoms with Crippen LogP contribution in [0.15, 0.2) is 23.1 Å².